The van der Waals surface area contributed by atoms with Crippen LogP contribution in [0, 0.1) is 6.92 Å². The lowest BCUT2D eigenvalue weighted by Crippen LogP contribution is -2.57. The van der Waals surface area contributed by atoms with Crippen molar-refractivity contribution in [3.63, 3.8) is 0 Å². The molecule has 2 fully saturated rings. The monoisotopic (exact) mass is 650 g/mol. The Morgan fingerprint density at radius 1 is 1.10 bits per heavy atom. The van der Waals surface area contributed by atoms with E-state index in [1.54, 1.807) is 4.90 Å². The highest BCUT2D eigenvalue weighted by atomic mass is 79.9. The second kappa shape index (κ2) is 11.2. The summed E-state index contributed by atoms with van der Waals surface area (Å²) in [6, 6.07) is 20.8. The van der Waals surface area contributed by atoms with E-state index in [0.29, 0.717) is 24.7 Å². The quantitative estimate of drug-likeness (QED) is 0.274. The summed E-state index contributed by atoms with van der Waals surface area (Å²) < 4.78 is -0.284. The van der Waals surface area contributed by atoms with E-state index in [4.69, 9.17) is 11.6 Å². The molecule has 2 aliphatic heterocycles. The molecule has 2 N–H and O–H groups in total. The van der Waals surface area contributed by atoms with Gasteiger partial charge in [0.2, 0.25) is 17.7 Å². The second-order valence-corrected chi connectivity index (χ2v) is 13.3. The number of fused-ring (bicyclic) bond motifs is 1. The number of benzene rings is 3. The van der Waals surface area contributed by atoms with E-state index in [0.717, 1.165) is 37.0 Å². The summed E-state index contributed by atoms with van der Waals surface area (Å²) in [5.41, 5.74) is 3.78. The molecule has 0 spiro atoms. The summed E-state index contributed by atoms with van der Waals surface area (Å²) >= 11 is 11.1. The molecule has 3 heterocycles. The van der Waals surface area contributed by atoms with Gasteiger partial charge in [-0.1, -0.05) is 63.4 Å². The van der Waals surface area contributed by atoms with Crippen LogP contribution in [-0.4, -0.2) is 56.9 Å². The Kier molecular flexibility index (Phi) is 7.61. The van der Waals surface area contributed by atoms with Crippen LogP contribution in [0.15, 0.2) is 82.3 Å². The van der Waals surface area contributed by atoms with Gasteiger partial charge in [0.15, 0.2) is 0 Å². The highest BCUT2D eigenvalue weighted by molar-refractivity contribution is 9.10. The van der Waals surface area contributed by atoms with E-state index in [1.165, 1.54) is 11.8 Å². The molecule has 10 heteroatoms. The number of amides is 3. The Morgan fingerprint density at radius 2 is 1.85 bits per heavy atom. The molecular weight excluding hydrogens is 624 g/mol. The molecule has 0 bridgehead atoms. The minimum Gasteiger partial charge on any atom is -0.361 e. The summed E-state index contributed by atoms with van der Waals surface area (Å²) in [6.45, 7) is 3.06. The Balaban J connectivity index is 1.53. The molecular formula is C31H28BrClN4O3S. The zero-order valence-corrected chi connectivity index (χ0v) is 25.5. The first-order valence-electron chi connectivity index (χ1n) is 13.4. The minimum atomic E-state index is -1.21. The minimum absolute atomic E-state index is 0.00392. The third kappa shape index (κ3) is 5.38. The van der Waals surface area contributed by atoms with Crippen LogP contribution in [0.2, 0.25) is 5.02 Å². The van der Waals surface area contributed by atoms with Crippen LogP contribution >= 0.6 is 39.3 Å². The maximum Gasteiger partial charge on any atom is 0.242 e. The third-order valence-electron chi connectivity index (χ3n) is 7.73. The summed E-state index contributed by atoms with van der Waals surface area (Å²) in [4.78, 5) is 48.9. The number of piperazine rings is 1. The average molecular weight is 652 g/mol. The lowest BCUT2D eigenvalue weighted by Gasteiger charge is -2.40. The van der Waals surface area contributed by atoms with Crippen molar-refractivity contribution in [3.05, 3.63) is 99.1 Å². The molecule has 2 saturated heterocycles. The summed E-state index contributed by atoms with van der Waals surface area (Å²) in [6.07, 6.45) is 1.92. The fourth-order valence-corrected chi connectivity index (χ4v) is 7.73. The van der Waals surface area contributed by atoms with E-state index in [1.807, 2.05) is 84.8 Å². The first-order valence-corrected chi connectivity index (χ1v) is 15.3. The standard InChI is InChI=1S/C31H28BrClN4O3S/c1-19-2-9-23(10-3-19)41-31(30(40)36-13-12-34-27(38)18-36)15-28(39)37(17-20-4-7-22(33)8-5-20)29(31)25-16-35-26-14-21(32)6-11-24(25)26/h2-11,14,16,29,35H,12-13,15,17-18H2,1H3,(H,34,38). The molecule has 0 radical (unpaired) electrons. The lowest BCUT2D eigenvalue weighted by atomic mass is 9.90. The highest BCUT2D eigenvalue weighted by Crippen LogP contribution is 2.55. The fraction of sp³-hybridized carbons (Fsp3) is 0.258. The van der Waals surface area contributed by atoms with Gasteiger partial charge >= 0.3 is 0 Å². The van der Waals surface area contributed by atoms with Crippen molar-refractivity contribution in [2.45, 2.75) is 35.6 Å². The van der Waals surface area contributed by atoms with E-state index in [-0.39, 0.29) is 30.7 Å². The van der Waals surface area contributed by atoms with Gasteiger partial charge in [-0.05, 0) is 48.9 Å². The van der Waals surface area contributed by atoms with Crippen LogP contribution in [0.25, 0.3) is 10.9 Å². The zero-order valence-electron chi connectivity index (χ0n) is 22.3. The maximum atomic E-state index is 14.7. The molecule has 3 aromatic carbocycles. The molecule has 41 heavy (non-hydrogen) atoms. The number of nitrogens with one attached hydrogen (secondary N) is 2. The van der Waals surface area contributed by atoms with Crippen LogP contribution in [0.5, 0.6) is 0 Å². The largest absolute Gasteiger partial charge is 0.361 e. The van der Waals surface area contributed by atoms with Crippen LogP contribution in [0.3, 0.4) is 0 Å². The molecule has 2 aliphatic rings. The molecule has 1 aromatic heterocycles. The van der Waals surface area contributed by atoms with E-state index >= 15 is 0 Å². The second-order valence-electron chi connectivity index (χ2n) is 10.5. The third-order valence-corrected chi connectivity index (χ3v) is 9.89. The number of likely N-dealkylation sites (tertiary alicyclic amines) is 1. The van der Waals surface area contributed by atoms with E-state index in [2.05, 4.69) is 26.2 Å². The first-order chi connectivity index (χ1) is 19.7. The number of aromatic amines is 1. The molecule has 4 aromatic rings. The van der Waals surface area contributed by atoms with Crippen molar-refractivity contribution < 1.29 is 14.4 Å². The number of hydrogen-bond acceptors (Lipinski definition) is 4. The van der Waals surface area contributed by atoms with Gasteiger partial charge in [0.05, 0.1) is 19.0 Å². The zero-order chi connectivity index (χ0) is 28.7. The topological polar surface area (TPSA) is 85.5 Å². The van der Waals surface area contributed by atoms with Gasteiger partial charge in [0.25, 0.3) is 0 Å². The molecule has 3 amide bonds. The van der Waals surface area contributed by atoms with Gasteiger partial charge < -0.3 is 20.1 Å². The summed E-state index contributed by atoms with van der Waals surface area (Å²) in [7, 11) is 0. The molecule has 7 nitrogen and oxygen atoms in total. The van der Waals surface area contributed by atoms with Gasteiger partial charge in [-0.3, -0.25) is 14.4 Å². The molecule has 2 unspecified atom stereocenters. The van der Waals surface area contributed by atoms with Crippen molar-refractivity contribution in [1.82, 2.24) is 20.1 Å². The molecule has 0 saturated carbocycles. The van der Waals surface area contributed by atoms with Crippen LogP contribution in [0.4, 0.5) is 0 Å². The van der Waals surface area contributed by atoms with Gasteiger partial charge in [-0.25, -0.2) is 0 Å². The van der Waals surface area contributed by atoms with Crippen molar-refractivity contribution in [2.75, 3.05) is 19.6 Å². The van der Waals surface area contributed by atoms with Gasteiger partial charge in [0.1, 0.15) is 4.75 Å². The summed E-state index contributed by atoms with van der Waals surface area (Å²) in [5, 5.41) is 4.36. The number of halogens is 2. The number of carbonyl (C=O) groups is 3. The van der Waals surface area contributed by atoms with Crippen molar-refractivity contribution in [3.8, 4) is 0 Å². The number of aromatic nitrogens is 1. The Bertz CT molecular complexity index is 1640. The van der Waals surface area contributed by atoms with E-state index in [9.17, 15) is 14.4 Å². The molecule has 0 aliphatic carbocycles. The van der Waals surface area contributed by atoms with E-state index < -0.39 is 10.8 Å². The average Bonchev–Trinajstić information content (AvgIpc) is 3.48. The lowest BCUT2D eigenvalue weighted by molar-refractivity contribution is -0.140. The summed E-state index contributed by atoms with van der Waals surface area (Å²) in [5.74, 6) is -0.525. The molecule has 6 rings (SSSR count). The number of carbonyl (C=O) groups excluding carboxylic acids is 3. The number of nitrogens with zero attached hydrogens (tertiary/aromatic N) is 2. The predicted octanol–water partition coefficient (Wildman–Crippen LogP) is 5.86. The van der Waals surface area contributed by atoms with Gasteiger partial charge in [0, 0.05) is 56.7 Å². The predicted molar refractivity (Wildman–Crippen MR) is 165 cm³/mol. The number of H-pyrrole nitrogens is 1. The van der Waals surface area contributed by atoms with Crippen LogP contribution in [0.1, 0.15) is 29.2 Å². The molecule has 210 valence electrons. The Labute approximate surface area is 255 Å². The number of thioether (sulfide) groups is 1. The number of hydrogen-bond donors (Lipinski definition) is 2. The van der Waals surface area contributed by atoms with Crippen molar-refractivity contribution >= 4 is 67.9 Å². The SMILES string of the molecule is Cc1ccc(SC2(C(=O)N3CCNC(=O)C3)CC(=O)N(Cc3ccc(Cl)cc3)C2c2c[nH]c3cc(Br)ccc23)cc1. The highest BCUT2D eigenvalue weighted by Gasteiger charge is 2.60. The smallest absolute Gasteiger partial charge is 0.242 e. The van der Waals surface area contributed by atoms with Crippen molar-refractivity contribution in [2.24, 2.45) is 0 Å². The number of rotatable bonds is 6. The molecule has 2 atom stereocenters. The van der Waals surface area contributed by atoms with Gasteiger partial charge in [-0.2, -0.15) is 0 Å². The Hall–Kier alpha value is -3.27. The van der Waals surface area contributed by atoms with Crippen LogP contribution in [-0.2, 0) is 20.9 Å². The fourth-order valence-electron chi connectivity index (χ4n) is 5.78. The first kappa shape index (κ1) is 27.9. The number of aryl methyl sites for hydroxylation is 1. The maximum absolute atomic E-state index is 14.7. The Morgan fingerprint density at radius 3 is 2.59 bits per heavy atom. The van der Waals surface area contributed by atoms with Gasteiger partial charge in [-0.15, -0.1) is 11.8 Å². The van der Waals surface area contributed by atoms with Crippen LogP contribution < -0.4 is 5.32 Å². The normalized spacial score (nSPS) is 21.0. The van der Waals surface area contributed by atoms with Crippen molar-refractivity contribution in [1.29, 1.82) is 0 Å².